The van der Waals surface area contributed by atoms with E-state index in [1.807, 2.05) is 0 Å². The Hall–Kier alpha value is -0.870. The third-order valence-electron chi connectivity index (χ3n) is 4.20. The highest BCUT2D eigenvalue weighted by Gasteiger charge is 2.60. The number of ether oxygens (including phenoxy) is 3. The number of carbonyl (C=O) groups excluding carboxylic acids is 1. The van der Waals surface area contributed by atoms with Gasteiger partial charge in [-0.25, -0.2) is 0 Å². The van der Waals surface area contributed by atoms with E-state index in [0.29, 0.717) is 19.3 Å². The molecule has 0 radical (unpaired) electrons. The number of fused-ring (bicyclic) bond motifs is 2. The Labute approximate surface area is 94.5 Å². The van der Waals surface area contributed by atoms with Crippen LogP contribution in [0.25, 0.3) is 0 Å². The maximum Gasteiger partial charge on any atom is 0.315 e. The minimum Gasteiger partial charge on any atom is -0.468 e. The van der Waals surface area contributed by atoms with E-state index in [1.54, 1.807) is 0 Å². The maximum absolute atomic E-state index is 12.1. The summed E-state index contributed by atoms with van der Waals surface area (Å²) in [6.07, 6.45) is 6.11. The van der Waals surface area contributed by atoms with Crippen molar-refractivity contribution in [2.75, 3.05) is 20.5 Å². The lowest BCUT2D eigenvalue weighted by Gasteiger charge is -2.36. The predicted octanol–water partition coefficient (Wildman–Crippen LogP) is 1.11. The molecule has 4 nitrogen and oxygen atoms in total. The van der Waals surface area contributed by atoms with Crippen LogP contribution in [0.5, 0.6) is 0 Å². The second-order valence-corrected chi connectivity index (χ2v) is 4.87. The highest BCUT2D eigenvalue weighted by atomic mass is 16.7. The zero-order chi connectivity index (χ0) is 11.2. The molecule has 0 aromatic rings. The molecule has 0 N–H and O–H groups in total. The molecule has 88 valence electrons. The molecular weight excluding hydrogens is 208 g/mol. The molecule has 1 saturated carbocycles. The van der Waals surface area contributed by atoms with Gasteiger partial charge in [0, 0.05) is 0 Å². The van der Waals surface area contributed by atoms with E-state index >= 15 is 0 Å². The van der Waals surface area contributed by atoms with Crippen LogP contribution in [0.4, 0.5) is 0 Å². The summed E-state index contributed by atoms with van der Waals surface area (Å²) in [4.78, 5) is 12.1. The van der Waals surface area contributed by atoms with E-state index in [-0.39, 0.29) is 18.0 Å². The number of rotatable bonds is 2. The lowest BCUT2D eigenvalue weighted by atomic mass is 9.71. The minimum absolute atomic E-state index is 0.139. The first kappa shape index (κ1) is 10.3. The molecule has 3 aliphatic rings. The van der Waals surface area contributed by atoms with Gasteiger partial charge in [0.25, 0.3) is 0 Å². The van der Waals surface area contributed by atoms with Crippen LogP contribution in [0, 0.1) is 17.3 Å². The lowest BCUT2D eigenvalue weighted by molar-refractivity contribution is -0.163. The van der Waals surface area contributed by atoms with Crippen LogP contribution in [0.3, 0.4) is 0 Å². The third-order valence-corrected chi connectivity index (χ3v) is 4.20. The van der Waals surface area contributed by atoms with E-state index in [9.17, 15) is 4.79 Å². The van der Waals surface area contributed by atoms with Gasteiger partial charge < -0.3 is 14.2 Å². The van der Waals surface area contributed by atoms with Gasteiger partial charge in [-0.05, 0) is 24.7 Å². The highest BCUT2D eigenvalue weighted by molar-refractivity contribution is 5.79. The zero-order valence-electron chi connectivity index (χ0n) is 9.35. The fourth-order valence-electron chi connectivity index (χ4n) is 3.45. The van der Waals surface area contributed by atoms with Crippen LogP contribution < -0.4 is 0 Å². The Morgan fingerprint density at radius 3 is 2.88 bits per heavy atom. The second kappa shape index (κ2) is 3.57. The Morgan fingerprint density at radius 2 is 2.38 bits per heavy atom. The van der Waals surface area contributed by atoms with Gasteiger partial charge in [-0.2, -0.15) is 0 Å². The molecular formula is C12H16O4. The van der Waals surface area contributed by atoms with Crippen LogP contribution in [0.1, 0.15) is 12.8 Å². The summed E-state index contributed by atoms with van der Waals surface area (Å²) in [5.41, 5.74) is -0.495. The molecule has 4 heteroatoms. The second-order valence-electron chi connectivity index (χ2n) is 4.87. The maximum atomic E-state index is 12.1. The summed E-state index contributed by atoms with van der Waals surface area (Å²) in [7, 11) is 1.45. The quantitative estimate of drug-likeness (QED) is 0.520. The van der Waals surface area contributed by atoms with Crippen molar-refractivity contribution in [3.05, 3.63) is 12.2 Å². The van der Waals surface area contributed by atoms with Crippen molar-refractivity contribution in [2.24, 2.45) is 17.3 Å². The molecule has 16 heavy (non-hydrogen) atoms. The first-order valence-corrected chi connectivity index (χ1v) is 5.73. The van der Waals surface area contributed by atoms with Gasteiger partial charge in [0.15, 0.2) is 0 Å². The van der Waals surface area contributed by atoms with Crippen LogP contribution in [-0.4, -0.2) is 32.6 Å². The average molecular weight is 224 g/mol. The first-order valence-electron chi connectivity index (χ1n) is 5.73. The number of carbonyl (C=O) groups is 1. The summed E-state index contributed by atoms with van der Waals surface area (Å²) >= 11 is 0. The van der Waals surface area contributed by atoms with Crippen molar-refractivity contribution in [3.8, 4) is 0 Å². The van der Waals surface area contributed by atoms with E-state index in [0.717, 1.165) is 12.8 Å². The fourth-order valence-corrected chi connectivity index (χ4v) is 3.45. The largest absolute Gasteiger partial charge is 0.468 e. The van der Waals surface area contributed by atoms with Crippen LogP contribution in [0.2, 0.25) is 0 Å². The average Bonchev–Trinajstić information content (AvgIpc) is 3.02. The summed E-state index contributed by atoms with van der Waals surface area (Å²) in [6.45, 7) is 0.802. The van der Waals surface area contributed by atoms with Crippen LogP contribution in [-0.2, 0) is 19.0 Å². The summed E-state index contributed by atoms with van der Waals surface area (Å²) in [5, 5.41) is 0. The Morgan fingerprint density at radius 1 is 1.50 bits per heavy atom. The molecule has 0 aromatic carbocycles. The van der Waals surface area contributed by atoms with Gasteiger partial charge in [-0.3, -0.25) is 4.79 Å². The number of allylic oxidation sites excluding steroid dienone is 2. The number of hydrogen-bond donors (Lipinski definition) is 0. The number of methoxy groups -OCH3 is 1. The SMILES string of the molecule is COC(=O)C1(C2COCO2)CC2C=CC1C2. The van der Waals surface area contributed by atoms with Crippen molar-refractivity contribution < 1.29 is 19.0 Å². The van der Waals surface area contributed by atoms with Gasteiger partial charge in [0.1, 0.15) is 18.3 Å². The van der Waals surface area contributed by atoms with E-state index in [1.165, 1.54) is 7.11 Å². The van der Waals surface area contributed by atoms with Crippen molar-refractivity contribution in [1.82, 2.24) is 0 Å². The molecule has 2 fully saturated rings. The van der Waals surface area contributed by atoms with Crippen molar-refractivity contribution in [2.45, 2.75) is 18.9 Å². The summed E-state index contributed by atoms with van der Waals surface area (Å²) in [6, 6.07) is 0. The molecule has 1 saturated heterocycles. The monoisotopic (exact) mass is 224 g/mol. The molecule has 0 spiro atoms. The van der Waals surface area contributed by atoms with E-state index in [4.69, 9.17) is 14.2 Å². The molecule has 4 unspecified atom stereocenters. The number of esters is 1. The number of hydrogen-bond acceptors (Lipinski definition) is 4. The molecule has 1 heterocycles. The topological polar surface area (TPSA) is 44.8 Å². The van der Waals surface area contributed by atoms with Crippen molar-refractivity contribution >= 4 is 5.97 Å². The van der Waals surface area contributed by atoms with Gasteiger partial charge in [-0.1, -0.05) is 12.2 Å². The van der Waals surface area contributed by atoms with Crippen LogP contribution >= 0.6 is 0 Å². The fraction of sp³-hybridized carbons (Fsp3) is 0.750. The van der Waals surface area contributed by atoms with Crippen molar-refractivity contribution in [3.63, 3.8) is 0 Å². The first-order chi connectivity index (χ1) is 7.77. The Bertz CT molecular complexity index is 332. The predicted molar refractivity (Wildman–Crippen MR) is 55.5 cm³/mol. The highest BCUT2D eigenvalue weighted by Crippen LogP contribution is 2.55. The molecule has 3 rings (SSSR count). The van der Waals surface area contributed by atoms with Gasteiger partial charge >= 0.3 is 5.97 Å². The third kappa shape index (κ3) is 1.20. The van der Waals surface area contributed by atoms with Gasteiger partial charge in [0.05, 0.1) is 13.7 Å². The molecule has 2 bridgehead atoms. The molecule has 2 aliphatic carbocycles. The van der Waals surface area contributed by atoms with Crippen molar-refractivity contribution in [1.29, 1.82) is 0 Å². The Kier molecular flexibility index (Phi) is 2.30. The van der Waals surface area contributed by atoms with E-state index < -0.39 is 5.41 Å². The molecule has 1 aliphatic heterocycles. The summed E-state index contributed by atoms with van der Waals surface area (Å²) in [5.74, 6) is 0.629. The molecule has 0 amide bonds. The lowest BCUT2D eigenvalue weighted by Crippen LogP contribution is -2.47. The minimum atomic E-state index is -0.495. The standard InChI is InChI=1S/C12H16O4/c1-14-11(13)12(10-6-15-7-16-10)5-8-2-3-9(12)4-8/h2-3,8-10H,4-7H2,1H3. The van der Waals surface area contributed by atoms with Gasteiger partial charge in [-0.15, -0.1) is 0 Å². The smallest absolute Gasteiger partial charge is 0.315 e. The van der Waals surface area contributed by atoms with E-state index in [2.05, 4.69) is 12.2 Å². The summed E-state index contributed by atoms with van der Waals surface area (Å²) < 4.78 is 15.8. The zero-order valence-corrected chi connectivity index (χ0v) is 9.35. The van der Waals surface area contributed by atoms with Gasteiger partial charge in [0.2, 0.25) is 0 Å². The Balaban J connectivity index is 1.95. The molecule has 4 atom stereocenters. The van der Waals surface area contributed by atoms with Crippen LogP contribution in [0.15, 0.2) is 12.2 Å². The normalized spacial score (nSPS) is 45.2. The molecule has 0 aromatic heterocycles.